The van der Waals surface area contributed by atoms with Gasteiger partial charge in [0.2, 0.25) is 5.91 Å². The summed E-state index contributed by atoms with van der Waals surface area (Å²) in [6, 6.07) is 3.91. The molecule has 5 nitrogen and oxygen atoms in total. The minimum Gasteiger partial charge on any atom is -0.357 e. The van der Waals surface area contributed by atoms with Crippen LogP contribution in [0.1, 0.15) is 44.9 Å². The minimum absolute atomic E-state index is 0.0764. The summed E-state index contributed by atoms with van der Waals surface area (Å²) in [6.45, 7) is 2.15. The molecule has 1 aliphatic heterocycles. The third kappa shape index (κ3) is 3.18. The van der Waals surface area contributed by atoms with Gasteiger partial charge in [0.05, 0.1) is 17.4 Å². The lowest BCUT2D eigenvalue weighted by atomic mass is 9.98. The third-order valence-electron chi connectivity index (χ3n) is 4.63. The fourth-order valence-electron chi connectivity index (χ4n) is 3.26. The molecule has 1 saturated carbocycles. The van der Waals surface area contributed by atoms with Gasteiger partial charge in [0.1, 0.15) is 5.82 Å². The smallest absolute Gasteiger partial charge is 0.244 e. The van der Waals surface area contributed by atoms with E-state index in [1.807, 2.05) is 12.1 Å². The number of piperidine rings is 1. The largest absolute Gasteiger partial charge is 0.357 e. The number of nitrogens with zero attached hydrogens (tertiary/aromatic N) is 2. The molecule has 5 heteroatoms. The average molecular weight is 288 g/mol. The molecule has 1 aliphatic carbocycles. The summed E-state index contributed by atoms with van der Waals surface area (Å²) in [6.07, 6.45) is 9.14. The van der Waals surface area contributed by atoms with Crippen LogP contribution in [0, 0.1) is 0 Å². The maximum absolute atomic E-state index is 12.2. The van der Waals surface area contributed by atoms with E-state index in [9.17, 15) is 4.79 Å². The number of rotatable bonds is 3. The van der Waals surface area contributed by atoms with Crippen molar-refractivity contribution >= 4 is 17.4 Å². The van der Waals surface area contributed by atoms with E-state index < -0.39 is 5.54 Å². The first-order valence-electron chi connectivity index (χ1n) is 7.99. The van der Waals surface area contributed by atoms with Gasteiger partial charge in [0.25, 0.3) is 0 Å². The van der Waals surface area contributed by atoms with Gasteiger partial charge in [-0.1, -0.05) is 12.8 Å². The SMILES string of the molecule is NC1(C(=O)Nc2ccc(N3CCCCC3)nc2)CCCC1. The van der Waals surface area contributed by atoms with Gasteiger partial charge < -0.3 is 16.0 Å². The number of carbonyl (C=O) groups is 1. The van der Waals surface area contributed by atoms with Crippen LogP contribution >= 0.6 is 0 Å². The Morgan fingerprint density at radius 3 is 2.48 bits per heavy atom. The van der Waals surface area contributed by atoms with Crippen molar-refractivity contribution in [2.75, 3.05) is 23.3 Å². The number of aromatic nitrogens is 1. The van der Waals surface area contributed by atoms with Gasteiger partial charge in [-0.3, -0.25) is 4.79 Å². The first-order valence-corrected chi connectivity index (χ1v) is 7.99. The summed E-state index contributed by atoms with van der Waals surface area (Å²) in [7, 11) is 0. The lowest BCUT2D eigenvalue weighted by Crippen LogP contribution is -2.48. The second kappa shape index (κ2) is 6.02. The Morgan fingerprint density at radius 2 is 1.86 bits per heavy atom. The van der Waals surface area contributed by atoms with Gasteiger partial charge in [0, 0.05) is 13.1 Å². The van der Waals surface area contributed by atoms with E-state index in [4.69, 9.17) is 5.73 Å². The van der Waals surface area contributed by atoms with Crippen LogP contribution in [0.15, 0.2) is 18.3 Å². The monoisotopic (exact) mass is 288 g/mol. The van der Waals surface area contributed by atoms with Crippen molar-refractivity contribution in [3.63, 3.8) is 0 Å². The fourth-order valence-corrected chi connectivity index (χ4v) is 3.26. The first kappa shape index (κ1) is 14.3. The Bertz CT molecular complexity index is 488. The maximum atomic E-state index is 12.2. The van der Waals surface area contributed by atoms with Gasteiger partial charge in [-0.25, -0.2) is 4.98 Å². The third-order valence-corrected chi connectivity index (χ3v) is 4.63. The average Bonchev–Trinajstić information content (AvgIpc) is 2.97. The molecule has 0 radical (unpaired) electrons. The molecule has 0 unspecified atom stereocenters. The van der Waals surface area contributed by atoms with Gasteiger partial charge in [-0.15, -0.1) is 0 Å². The predicted molar refractivity (Wildman–Crippen MR) is 84.3 cm³/mol. The molecule has 0 aromatic carbocycles. The molecule has 1 aromatic heterocycles. The van der Waals surface area contributed by atoms with Crippen LogP contribution in [0.5, 0.6) is 0 Å². The number of nitrogens with one attached hydrogen (secondary N) is 1. The molecular weight excluding hydrogens is 264 g/mol. The number of carbonyl (C=O) groups excluding carboxylic acids is 1. The molecule has 1 amide bonds. The summed E-state index contributed by atoms with van der Waals surface area (Å²) in [5.74, 6) is 0.920. The van der Waals surface area contributed by atoms with E-state index in [1.165, 1.54) is 19.3 Å². The summed E-state index contributed by atoms with van der Waals surface area (Å²) < 4.78 is 0. The standard InChI is InChI=1S/C16H24N4O/c17-16(8-2-3-9-16)15(21)19-13-6-7-14(18-12-13)20-10-4-1-5-11-20/h6-7,12H,1-5,8-11,17H2,(H,19,21). The Balaban J connectivity index is 1.62. The van der Waals surface area contributed by atoms with Gasteiger partial charge in [-0.05, 0) is 44.2 Å². The summed E-state index contributed by atoms with van der Waals surface area (Å²) in [4.78, 5) is 19.0. The lowest BCUT2D eigenvalue weighted by molar-refractivity contribution is -0.121. The van der Waals surface area contributed by atoms with Crippen LogP contribution in [0.2, 0.25) is 0 Å². The lowest BCUT2D eigenvalue weighted by Gasteiger charge is -2.28. The highest BCUT2D eigenvalue weighted by atomic mass is 16.2. The summed E-state index contributed by atoms with van der Waals surface area (Å²) in [5.41, 5.74) is 6.20. The molecule has 3 N–H and O–H groups in total. The van der Waals surface area contributed by atoms with Crippen molar-refractivity contribution in [3.05, 3.63) is 18.3 Å². The molecule has 0 bridgehead atoms. The zero-order valence-electron chi connectivity index (χ0n) is 12.5. The zero-order valence-corrected chi connectivity index (χ0v) is 12.5. The van der Waals surface area contributed by atoms with E-state index >= 15 is 0 Å². The molecule has 2 aliphatic rings. The van der Waals surface area contributed by atoms with Crippen LogP contribution in [-0.2, 0) is 4.79 Å². The molecule has 2 fully saturated rings. The second-order valence-corrected chi connectivity index (χ2v) is 6.27. The van der Waals surface area contributed by atoms with E-state index in [2.05, 4.69) is 15.2 Å². The Hall–Kier alpha value is -1.62. The molecule has 2 heterocycles. The number of amides is 1. The number of nitrogens with two attached hydrogens (primary N) is 1. The number of hydrogen-bond acceptors (Lipinski definition) is 4. The van der Waals surface area contributed by atoms with E-state index in [0.29, 0.717) is 0 Å². The Kier molecular flexibility index (Phi) is 4.10. The second-order valence-electron chi connectivity index (χ2n) is 6.27. The highest BCUT2D eigenvalue weighted by Gasteiger charge is 2.36. The fraction of sp³-hybridized carbons (Fsp3) is 0.625. The first-order chi connectivity index (χ1) is 10.2. The van der Waals surface area contributed by atoms with Crippen molar-refractivity contribution in [2.24, 2.45) is 5.73 Å². The molecule has 21 heavy (non-hydrogen) atoms. The van der Waals surface area contributed by atoms with Gasteiger partial charge >= 0.3 is 0 Å². The van der Waals surface area contributed by atoms with Crippen LogP contribution in [0.25, 0.3) is 0 Å². The van der Waals surface area contributed by atoms with Crippen molar-refractivity contribution in [1.82, 2.24) is 4.98 Å². The summed E-state index contributed by atoms with van der Waals surface area (Å²) in [5, 5.41) is 2.91. The normalized spacial score (nSPS) is 21.3. The number of pyridine rings is 1. The quantitative estimate of drug-likeness (QED) is 0.895. The molecule has 1 aromatic rings. The van der Waals surface area contributed by atoms with Crippen molar-refractivity contribution in [3.8, 4) is 0 Å². The minimum atomic E-state index is -0.689. The van der Waals surface area contributed by atoms with Crippen molar-refractivity contribution in [1.29, 1.82) is 0 Å². The maximum Gasteiger partial charge on any atom is 0.244 e. The van der Waals surface area contributed by atoms with E-state index in [0.717, 1.165) is 50.3 Å². The van der Waals surface area contributed by atoms with Crippen LogP contribution < -0.4 is 16.0 Å². The Morgan fingerprint density at radius 1 is 1.14 bits per heavy atom. The van der Waals surface area contributed by atoms with Gasteiger partial charge in [-0.2, -0.15) is 0 Å². The van der Waals surface area contributed by atoms with Gasteiger partial charge in [0.15, 0.2) is 0 Å². The molecule has 1 saturated heterocycles. The molecule has 114 valence electrons. The van der Waals surface area contributed by atoms with Crippen molar-refractivity contribution in [2.45, 2.75) is 50.5 Å². The summed E-state index contributed by atoms with van der Waals surface area (Å²) >= 11 is 0. The number of anilines is 2. The highest BCUT2D eigenvalue weighted by Crippen LogP contribution is 2.28. The molecule has 3 rings (SSSR count). The molecule has 0 spiro atoms. The highest BCUT2D eigenvalue weighted by molar-refractivity contribution is 5.98. The van der Waals surface area contributed by atoms with E-state index in [1.54, 1.807) is 6.20 Å². The zero-order chi connectivity index (χ0) is 14.7. The van der Waals surface area contributed by atoms with Crippen molar-refractivity contribution < 1.29 is 4.79 Å². The molecular formula is C16H24N4O. The van der Waals surface area contributed by atoms with Crippen LogP contribution in [-0.4, -0.2) is 29.5 Å². The predicted octanol–water partition coefficient (Wildman–Crippen LogP) is 2.28. The van der Waals surface area contributed by atoms with E-state index in [-0.39, 0.29) is 5.91 Å². The van der Waals surface area contributed by atoms with Crippen LogP contribution in [0.3, 0.4) is 0 Å². The topological polar surface area (TPSA) is 71.2 Å². The Labute approximate surface area is 125 Å². The van der Waals surface area contributed by atoms with Crippen LogP contribution in [0.4, 0.5) is 11.5 Å². The molecule has 0 atom stereocenters. The number of hydrogen-bond donors (Lipinski definition) is 2.